The van der Waals surface area contributed by atoms with Gasteiger partial charge in [0.15, 0.2) is 0 Å². The highest BCUT2D eigenvalue weighted by atomic mass is 35.5. The highest BCUT2D eigenvalue weighted by Crippen LogP contribution is 2.25. The second-order valence-corrected chi connectivity index (χ2v) is 6.05. The number of amides is 1. The average Bonchev–Trinajstić information content (AvgIpc) is 2.74. The maximum absolute atomic E-state index is 12.6. The van der Waals surface area contributed by atoms with E-state index in [-0.39, 0.29) is 5.91 Å². The number of aliphatic carboxylic acids is 1. The lowest BCUT2D eigenvalue weighted by atomic mass is 10.2. The Morgan fingerprint density at radius 1 is 1.38 bits per heavy atom. The molecule has 7 heteroatoms. The largest absolute Gasteiger partial charge is 0.480 e. The standard InChI is InChI=1S/C14H13ClN2O3S/c1-8-13(21-9(2)16-8)14(20)17(7-12(18)19)11-5-3-4-10(15)6-11/h3-6H,7H2,1-2H3,(H,18,19). The van der Waals surface area contributed by atoms with E-state index >= 15 is 0 Å². The van der Waals surface area contributed by atoms with Crippen molar-refractivity contribution in [3.8, 4) is 0 Å². The van der Waals surface area contributed by atoms with E-state index in [2.05, 4.69) is 4.98 Å². The first-order chi connectivity index (χ1) is 9.88. The van der Waals surface area contributed by atoms with Gasteiger partial charge in [-0.2, -0.15) is 0 Å². The van der Waals surface area contributed by atoms with Crippen LogP contribution >= 0.6 is 22.9 Å². The molecule has 1 heterocycles. The second-order valence-electron chi connectivity index (χ2n) is 4.41. The topological polar surface area (TPSA) is 70.5 Å². The van der Waals surface area contributed by atoms with Crippen molar-refractivity contribution in [2.75, 3.05) is 11.4 Å². The molecule has 1 aromatic carbocycles. The lowest BCUT2D eigenvalue weighted by molar-refractivity contribution is -0.135. The highest BCUT2D eigenvalue weighted by molar-refractivity contribution is 7.13. The van der Waals surface area contributed by atoms with Gasteiger partial charge in [-0.3, -0.25) is 14.5 Å². The van der Waals surface area contributed by atoms with Crippen molar-refractivity contribution in [3.63, 3.8) is 0 Å². The number of carboxylic acids is 1. The van der Waals surface area contributed by atoms with Gasteiger partial charge in [0.2, 0.25) is 0 Å². The monoisotopic (exact) mass is 324 g/mol. The van der Waals surface area contributed by atoms with Crippen LogP contribution in [0.2, 0.25) is 5.02 Å². The molecule has 1 amide bonds. The summed E-state index contributed by atoms with van der Waals surface area (Å²) >= 11 is 7.16. The van der Waals surface area contributed by atoms with Crippen LogP contribution in [0.3, 0.4) is 0 Å². The lowest BCUT2D eigenvalue weighted by Crippen LogP contribution is -2.35. The van der Waals surface area contributed by atoms with E-state index in [0.29, 0.717) is 21.3 Å². The van der Waals surface area contributed by atoms with Crippen molar-refractivity contribution >= 4 is 40.5 Å². The van der Waals surface area contributed by atoms with E-state index in [1.165, 1.54) is 16.2 Å². The molecule has 0 saturated carbocycles. The van der Waals surface area contributed by atoms with Crippen LogP contribution in [0, 0.1) is 13.8 Å². The number of hydrogen-bond acceptors (Lipinski definition) is 4. The Balaban J connectivity index is 2.43. The van der Waals surface area contributed by atoms with Gasteiger partial charge in [0.05, 0.1) is 10.7 Å². The number of thiazole rings is 1. The third-order valence-electron chi connectivity index (χ3n) is 2.76. The van der Waals surface area contributed by atoms with Crippen LogP contribution in [0.1, 0.15) is 20.4 Å². The summed E-state index contributed by atoms with van der Waals surface area (Å²) < 4.78 is 0. The molecule has 2 rings (SSSR count). The van der Waals surface area contributed by atoms with Crippen LogP contribution in [0.25, 0.3) is 0 Å². The summed E-state index contributed by atoms with van der Waals surface area (Å²) in [5.41, 5.74) is 1.04. The molecule has 1 aromatic heterocycles. The van der Waals surface area contributed by atoms with Crippen molar-refractivity contribution in [3.05, 3.63) is 44.9 Å². The molecule has 0 radical (unpaired) electrons. The molecule has 0 spiro atoms. The van der Waals surface area contributed by atoms with Crippen molar-refractivity contribution in [2.24, 2.45) is 0 Å². The number of benzene rings is 1. The summed E-state index contributed by atoms with van der Waals surface area (Å²) in [6, 6.07) is 6.54. The third kappa shape index (κ3) is 3.59. The lowest BCUT2D eigenvalue weighted by Gasteiger charge is -2.20. The van der Waals surface area contributed by atoms with E-state index in [1.807, 2.05) is 0 Å². The molecule has 0 unspecified atom stereocenters. The number of aryl methyl sites for hydroxylation is 2. The number of halogens is 1. The fraction of sp³-hybridized carbons (Fsp3) is 0.214. The minimum Gasteiger partial charge on any atom is -0.480 e. The Labute approximate surface area is 130 Å². The third-order valence-corrected chi connectivity index (χ3v) is 4.05. The van der Waals surface area contributed by atoms with Crippen LogP contribution in [0.4, 0.5) is 5.69 Å². The van der Waals surface area contributed by atoms with E-state index in [9.17, 15) is 9.59 Å². The maximum atomic E-state index is 12.6. The fourth-order valence-electron chi connectivity index (χ4n) is 1.91. The van der Waals surface area contributed by atoms with Crippen molar-refractivity contribution in [2.45, 2.75) is 13.8 Å². The molecule has 0 atom stereocenters. The summed E-state index contributed by atoms with van der Waals surface area (Å²) in [4.78, 5) is 29.5. The molecular weight excluding hydrogens is 312 g/mol. The number of anilines is 1. The molecule has 0 aliphatic heterocycles. The van der Waals surface area contributed by atoms with E-state index in [1.54, 1.807) is 38.1 Å². The smallest absolute Gasteiger partial charge is 0.323 e. The molecule has 5 nitrogen and oxygen atoms in total. The first-order valence-corrected chi connectivity index (χ1v) is 7.31. The number of carboxylic acid groups (broad SMARTS) is 1. The maximum Gasteiger partial charge on any atom is 0.323 e. The predicted molar refractivity (Wildman–Crippen MR) is 82.4 cm³/mol. The van der Waals surface area contributed by atoms with Gasteiger partial charge in [-0.05, 0) is 32.0 Å². The van der Waals surface area contributed by atoms with Crippen molar-refractivity contribution in [1.82, 2.24) is 4.98 Å². The minimum absolute atomic E-state index is 0.386. The summed E-state index contributed by atoms with van der Waals surface area (Å²) in [6.45, 7) is 3.10. The summed E-state index contributed by atoms with van der Waals surface area (Å²) in [5.74, 6) is -1.48. The Morgan fingerprint density at radius 3 is 2.62 bits per heavy atom. The van der Waals surface area contributed by atoms with Crippen LogP contribution < -0.4 is 4.90 Å². The molecule has 0 bridgehead atoms. The van der Waals surface area contributed by atoms with Gasteiger partial charge in [-0.15, -0.1) is 11.3 Å². The Kier molecular flexibility index (Phi) is 4.59. The second kappa shape index (κ2) is 6.24. The zero-order chi connectivity index (χ0) is 15.6. The van der Waals surface area contributed by atoms with Gasteiger partial charge in [0.25, 0.3) is 5.91 Å². The molecule has 1 N–H and O–H groups in total. The zero-order valence-electron chi connectivity index (χ0n) is 11.5. The number of carbonyl (C=O) groups excluding carboxylic acids is 1. The van der Waals surface area contributed by atoms with Crippen molar-refractivity contribution < 1.29 is 14.7 Å². The van der Waals surface area contributed by atoms with E-state index in [4.69, 9.17) is 16.7 Å². The van der Waals surface area contributed by atoms with E-state index in [0.717, 1.165) is 5.01 Å². The molecule has 0 aliphatic carbocycles. The normalized spacial score (nSPS) is 10.4. The number of nitrogens with zero attached hydrogens (tertiary/aromatic N) is 2. The molecule has 21 heavy (non-hydrogen) atoms. The van der Waals surface area contributed by atoms with Crippen molar-refractivity contribution in [1.29, 1.82) is 0 Å². The molecule has 0 fully saturated rings. The summed E-state index contributed by atoms with van der Waals surface area (Å²) in [7, 11) is 0. The van der Waals surface area contributed by atoms with Crippen LogP contribution in [0.15, 0.2) is 24.3 Å². The number of hydrogen-bond donors (Lipinski definition) is 1. The van der Waals surface area contributed by atoms with Crippen LogP contribution in [-0.4, -0.2) is 28.5 Å². The Morgan fingerprint density at radius 2 is 2.10 bits per heavy atom. The van der Waals surface area contributed by atoms with Crippen LogP contribution in [-0.2, 0) is 4.79 Å². The number of aromatic nitrogens is 1. The van der Waals surface area contributed by atoms with Gasteiger partial charge in [-0.25, -0.2) is 4.98 Å². The van der Waals surface area contributed by atoms with Crippen LogP contribution in [0.5, 0.6) is 0 Å². The first-order valence-electron chi connectivity index (χ1n) is 6.11. The van der Waals surface area contributed by atoms with Gasteiger partial charge in [0.1, 0.15) is 11.4 Å². The Hall–Kier alpha value is -1.92. The first kappa shape index (κ1) is 15.5. The molecular formula is C14H13ClN2O3S. The number of carbonyl (C=O) groups is 2. The summed E-state index contributed by atoms with van der Waals surface area (Å²) in [6.07, 6.45) is 0. The molecule has 0 saturated heterocycles. The van der Waals surface area contributed by atoms with Gasteiger partial charge in [0, 0.05) is 10.7 Å². The predicted octanol–water partition coefficient (Wildman–Crippen LogP) is 3.14. The van der Waals surface area contributed by atoms with E-state index < -0.39 is 12.5 Å². The minimum atomic E-state index is -1.10. The molecule has 2 aromatic rings. The molecule has 0 aliphatic rings. The quantitative estimate of drug-likeness (QED) is 0.938. The molecule has 110 valence electrons. The SMILES string of the molecule is Cc1nc(C)c(C(=O)N(CC(=O)O)c2cccc(Cl)c2)s1. The van der Waals surface area contributed by atoms with Gasteiger partial charge in [-0.1, -0.05) is 17.7 Å². The zero-order valence-corrected chi connectivity index (χ0v) is 13.0. The summed E-state index contributed by atoms with van der Waals surface area (Å²) in [5, 5.41) is 10.2. The fourth-order valence-corrected chi connectivity index (χ4v) is 2.97. The number of rotatable bonds is 4. The van der Waals surface area contributed by atoms with Gasteiger partial charge >= 0.3 is 5.97 Å². The van der Waals surface area contributed by atoms with Gasteiger partial charge < -0.3 is 5.11 Å². The Bertz CT molecular complexity index is 699. The average molecular weight is 325 g/mol. The highest BCUT2D eigenvalue weighted by Gasteiger charge is 2.24.